The average Bonchev–Trinajstić information content (AvgIpc) is 3.32. The lowest BCUT2D eigenvalue weighted by Crippen LogP contribution is -2.60. The van der Waals surface area contributed by atoms with Crippen molar-refractivity contribution in [1.82, 2.24) is 29.7 Å². The van der Waals surface area contributed by atoms with Crippen LogP contribution in [0.15, 0.2) is 12.7 Å². The van der Waals surface area contributed by atoms with E-state index in [9.17, 15) is 15.0 Å². The fourth-order valence-electron chi connectivity index (χ4n) is 3.83. The summed E-state index contributed by atoms with van der Waals surface area (Å²) in [5, 5.41) is 23.8. The van der Waals surface area contributed by atoms with E-state index in [0.717, 1.165) is 25.9 Å². The molecular weight excluding hydrogens is 402 g/mol. The van der Waals surface area contributed by atoms with Crippen LogP contribution in [0.1, 0.15) is 12.8 Å². The van der Waals surface area contributed by atoms with Gasteiger partial charge >= 0.3 is 0 Å². The molecule has 2 aromatic heterocycles. The van der Waals surface area contributed by atoms with Gasteiger partial charge in [-0.3, -0.25) is 9.69 Å². The number of carbonyl (C=O) groups excluding carboxylic acids is 1. The molecule has 11 nitrogen and oxygen atoms in total. The van der Waals surface area contributed by atoms with Gasteiger partial charge in [0.1, 0.15) is 30.2 Å². The van der Waals surface area contributed by atoms with Crippen LogP contribution in [0.3, 0.4) is 0 Å². The van der Waals surface area contributed by atoms with E-state index in [1.807, 2.05) is 0 Å². The standard InChI is InChI=1S/C17H25N7O4.ClH/c18-16-13-17(20-8-19-16)21-9-24(13)5-11-15(27)14(26)10(7-28-11)22-12(25)6-23-3-1-2-4-23;/h8-11,14-15,26-27H,1-7H2,(H,22,25)(H2,18,19,20);1H/t10-,11-,14+,15-;/m1./s1. The van der Waals surface area contributed by atoms with Crippen molar-refractivity contribution < 1.29 is 19.7 Å². The first kappa shape index (κ1) is 21.7. The van der Waals surface area contributed by atoms with Crippen molar-refractivity contribution in [3.05, 3.63) is 12.7 Å². The van der Waals surface area contributed by atoms with E-state index in [4.69, 9.17) is 10.5 Å². The number of rotatable bonds is 5. The smallest absolute Gasteiger partial charge is 0.234 e. The fraction of sp³-hybridized carbons (Fsp3) is 0.647. The Balaban J connectivity index is 0.00000240. The van der Waals surface area contributed by atoms with Crippen molar-refractivity contribution in [1.29, 1.82) is 0 Å². The van der Waals surface area contributed by atoms with Gasteiger partial charge in [-0.15, -0.1) is 12.4 Å². The van der Waals surface area contributed by atoms with Gasteiger partial charge in [-0.25, -0.2) is 15.0 Å². The van der Waals surface area contributed by atoms with Crippen molar-refractivity contribution >= 4 is 35.3 Å². The number of carbonyl (C=O) groups is 1. The predicted octanol–water partition coefficient (Wildman–Crippen LogP) is -1.47. The number of fused-ring (bicyclic) bond motifs is 1. The van der Waals surface area contributed by atoms with Crippen LogP contribution >= 0.6 is 12.4 Å². The molecule has 29 heavy (non-hydrogen) atoms. The third-order valence-corrected chi connectivity index (χ3v) is 5.36. The molecule has 0 aliphatic carbocycles. The number of nitrogens with one attached hydrogen (secondary N) is 1. The van der Waals surface area contributed by atoms with Crippen molar-refractivity contribution in [2.24, 2.45) is 0 Å². The summed E-state index contributed by atoms with van der Waals surface area (Å²) in [5.41, 5.74) is 6.90. The Morgan fingerprint density at radius 2 is 2.00 bits per heavy atom. The summed E-state index contributed by atoms with van der Waals surface area (Å²) in [7, 11) is 0. The Morgan fingerprint density at radius 1 is 1.24 bits per heavy atom. The molecule has 2 aliphatic rings. The van der Waals surface area contributed by atoms with E-state index < -0.39 is 24.4 Å². The quantitative estimate of drug-likeness (QED) is 0.448. The number of aliphatic hydroxyl groups is 2. The zero-order valence-corrected chi connectivity index (χ0v) is 16.7. The Kier molecular flexibility index (Phi) is 6.85. The van der Waals surface area contributed by atoms with Crippen molar-refractivity contribution in [3.63, 3.8) is 0 Å². The van der Waals surface area contributed by atoms with Crippen LogP contribution < -0.4 is 11.1 Å². The molecule has 12 heteroatoms. The number of hydrogen-bond acceptors (Lipinski definition) is 9. The number of halogens is 1. The number of likely N-dealkylation sites (tertiary alicyclic amines) is 1. The summed E-state index contributed by atoms with van der Waals surface area (Å²) < 4.78 is 7.43. The van der Waals surface area contributed by atoms with Gasteiger partial charge in [0.15, 0.2) is 11.5 Å². The number of aromatic nitrogens is 4. The van der Waals surface area contributed by atoms with Crippen LogP contribution in [0, 0.1) is 0 Å². The number of amides is 1. The van der Waals surface area contributed by atoms with Gasteiger partial charge in [-0.1, -0.05) is 0 Å². The molecule has 160 valence electrons. The van der Waals surface area contributed by atoms with Gasteiger partial charge in [0.05, 0.1) is 32.1 Å². The highest BCUT2D eigenvalue weighted by molar-refractivity contribution is 5.85. The number of ether oxygens (including phenoxy) is 1. The van der Waals surface area contributed by atoms with Crippen molar-refractivity contribution in [2.75, 3.05) is 32.0 Å². The molecule has 0 bridgehead atoms. The van der Waals surface area contributed by atoms with Gasteiger partial charge in [0, 0.05) is 0 Å². The first-order chi connectivity index (χ1) is 13.5. The Morgan fingerprint density at radius 3 is 2.76 bits per heavy atom. The maximum Gasteiger partial charge on any atom is 0.234 e. The third-order valence-electron chi connectivity index (χ3n) is 5.36. The average molecular weight is 428 g/mol. The molecule has 4 rings (SSSR count). The second-order valence-electron chi connectivity index (χ2n) is 7.34. The molecule has 2 aromatic rings. The number of hydrogen-bond donors (Lipinski definition) is 4. The molecule has 2 fully saturated rings. The minimum atomic E-state index is -1.17. The fourth-order valence-corrected chi connectivity index (χ4v) is 3.83. The number of anilines is 1. The normalized spacial score (nSPS) is 27.7. The molecule has 0 unspecified atom stereocenters. The Bertz CT molecular complexity index is 844. The Labute approximate surface area is 173 Å². The lowest BCUT2D eigenvalue weighted by atomic mass is 9.97. The van der Waals surface area contributed by atoms with E-state index in [2.05, 4.69) is 25.2 Å². The van der Waals surface area contributed by atoms with Gasteiger partial charge in [0.2, 0.25) is 5.91 Å². The van der Waals surface area contributed by atoms with Crippen LogP contribution in [0.4, 0.5) is 5.82 Å². The topological polar surface area (TPSA) is 152 Å². The SMILES string of the molecule is Cl.Nc1ncnc2ncn(C[C@H]3OC[C@@H](NC(=O)CN4CCCC4)[C@H](O)[C@@H]3O)c12. The van der Waals surface area contributed by atoms with E-state index in [0.29, 0.717) is 17.7 Å². The summed E-state index contributed by atoms with van der Waals surface area (Å²) in [6.07, 6.45) is 2.09. The molecule has 4 heterocycles. The van der Waals surface area contributed by atoms with Crippen molar-refractivity contribution in [2.45, 2.75) is 43.7 Å². The van der Waals surface area contributed by atoms with E-state index >= 15 is 0 Å². The highest BCUT2D eigenvalue weighted by Crippen LogP contribution is 2.21. The monoisotopic (exact) mass is 427 g/mol. The second kappa shape index (κ2) is 9.18. The zero-order chi connectivity index (χ0) is 19.7. The summed E-state index contributed by atoms with van der Waals surface area (Å²) in [5.74, 6) is 0.103. The maximum atomic E-state index is 12.2. The second-order valence-corrected chi connectivity index (χ2v) is 7.34. The summed E-state index contributed by atoms with van der Waals surface area (Å²) in [6, 6.07) is -0.658. The Hall–Kier alpha value is -2.05. The number of nitrogens with zero attached hydrogens (tertiary/aromatic N) is 5. The van der Waals surface area contributed by atoms with Crippen LogP contribution in [0.25, 0.3) is 11.2 Å². The molecule has 2 saturated heterocycles. The van der Waals surface area contributed by atoms with Crippen LogP contribution in [0.5, 0.6) is 0 Å². The lowest BCUT2D eigenvalue weighted by molar-refractivity contribution is -0.158. The molecule has 0 radical (unpaired) electrons. The summed E-state index contributed by atoms with van der Waals surface area (Å²) in [4.78, 5) is 26.4. The maximum absolute atomic E-state index is 12.2. The lowest BCUT2D eigenvalue weighted by Gasteiger charge is -2.38. The third kappa shape index (κ3) is 4.59. The van der Waals surface area contributed by atoms with Crippen LogP contribution in [-0.2, 0) is 16.1 Å². The zero-order valence-electron chi connectivity index (χ0n) is 15.8. The number of imidazole rings is 1. The minimum absolute atomic E-state index is 0. The molecule has 5 N–H and O–H groups in total. The van der Waals surface area contributed by atoms with Crippen LogP contribution in [0.2, 0.25) is 0 Å². The number of aliphatic hydroxyl groups excluding tert-OH is 2. The van der Waals surface area contributed by atoms with E-state index in [1.54, 1.807) is 10.9 Å². The largest absolute Gasteiger partial charge is 0.388 e. The highest BCUT2D eigenvalue weighted by atomic mass is 35.5. The summed E-state index contributed by atoms with van der Waals surface area (Å²) in [6.45, 7) is 2.44. The first-order valence-corrected chi connectivity index (χ1v) is 9.43. The molecule has 0 saturated carbocycles. The molecule has 2 aliphatic heterocycles. The van der Waals surface area contributed by atoms with Crippen LogP contribution in [-0.4, -0.2) is 91.1 Å². The van der Waals surface area contributed by atoms with E-state index in [1.165, 1.54) is 6.33 Å². The molecule has 1 amide bonds. The highest BCUT2D eigenvalue weighted by Gasteiger charge is 2.39. The van der Waals surface area contributed by atoms with Gasteiger partial charge in [-0.2, -0.15) is 0 Å². The van der Waals surface area contributed by atoms with Gasteiger partial charge < -0.3 is 30.6 Å². The van der Waals surface area contributed by atoms with Gasteiger partial charge in [0.25, 0.3) is 0 Å². The summed E-state index contributed by atoms with van der Waals surface area (Å²) >= 11 is 0. The van der Waals surface area contributed by atoms with E-state index in [-0.39, 0.29) is 37.3 Å². The number of nitrogen functional groups attached to an aromatic ring is 1. The van der Waals surface area contributed by atoms with Crippen molar-refractivity contribution in [3.8, 4) is 0 Å². The van der Waals surface area contributed by atoms with Gasteiger partial charge in [-0.05, 0) is 25.9 Å². The molecular formula is C17H26ClN7O4. The predicted molar refractivity (Wildman–Crippen MR) is 106 cm³/mol. The molecule has 4 atom stereocenters. The molecule has 0 aromatic carbocycles. The minimum Gasteiger partial charge on any atom is -0.388 e. The number of nitrogens with two attached hydrogens (primary N) is 1. The molecule has 0 spiro atoms. The first-order valence-electron chi connectivity index (χ1n) is 9.43.